The van der Waals surface area contributed by atoms with Gasteiger partial charge >= 0.3 is 6.03 Å². The molecular formula is C25H28N8O4. The molecule has 2 fully saturated rings. The van der Waals surface area contributed by atoms with E-state index in [0.717, 1.165) is 11.3 Å². The van der Waals surface area contributed by atoms with Crippen LogP contribution in [0.3, 0.4) is 0 Å². The van der Waals surface area contributed by atoms with Gasteiger partial charge in [0.05, 0.1) is 19.3 Å². The molecule has 2 aliphatic rings. The summed E-state index contributed by atoms with van der Waals surface area (Å²) in [6.07, 6.45) is 1.32. The van der Waals surface area contributed by atoms with Crippen LogP contribution in [0.1, 0.15) is 30.9 Å². The van der Waals surface area contributed by atoms with Crippen LogP contribution in [-0.2, 0) is 9.53 Å². The molecule has 2 saturated heterocycles. The number of anilines is 2. The monoisotopic (exact) mass is 504 g/mol. The molecule has 0 spiro atoms. The van der Waals surface area contributed by atoms with Crippen LogP contribution in [0.5, 0.6) is 0 Å². The number of urea groups is 1. The van der Waals surface area contributed by atoms with Crippen molar-refractivity contribution >= 4 is 34.5 Å². The summed E-state index contributed by atoms with van der Waals surface area (Å²) in [5.74, 6) is 1.15. The van der Waals surface area contributed by atoms with E-state index >= 15 is 0 Å². The second-order valence-electron chi connectivity index (χ2n) is 8.99. The molecule has 12 nitrogen and oxygen atoms in total. The standard InChI is InChI=1S/C25H28N8O4/c1-27-25(35)28-18-4-2-17(3-5-18)23-29-21-20(16-7-10-32(11-8-16)19(34)6-9-26)31-37-22(21)24(30-23)33-12-14-36-15-13-33/h2-5,16H,6-8,10-15H2,1H3,(H2,27,28,35). The number of rotatable bonds is 5. The van der Waals surface area contributed by atoms with Crippen LogP contribution < -0.4 is 15.5 Å². The predicted octanol–water partition coefficient (Wildman–Crippen LogP) is 2.49. The van der Waals surface area contributed by atoms with Crippen molar-refractivity contribution in [2.45, 2.75) is 25.2 Å². The number of piperidine rings is 1. The summed E-state index contributed by atoms with van der Waals surface area (Å²) >= 11 is 0. The van der Waals surface area contributed by atoms with E-state index in [-0.39, 0.29) is 24.3 Å². The average Bonchev–Trinajstić information content (AvgIpc) is 3.37. The van der Waals surface area contributed by atoms with Gasteiger partial charge in [-0.15, -0.1) is 0 Å². The minimum absolute atomic E-state index is 0.0757. The Morgan fingerprint density at radius 3 is 2.51 bits per heavy atom. The summed E-state index contributed by atoms with van der Waals surface area (Å²) in [6, 6.07) is 8.96. The fraction of sp³-hybridized carbons (Fsp3) is 0.440. The maximum absolute atomic E-state index is 12.1. The quantitative estimate of drug-likeness (QED) is 0.534. The number of carbonyl (C=O) groups is 2. The van der Waals surface area contributed by atoms with Gasteiger partial charge in [0.25, 0.3) is 0 Å². The first-order valence-corrected chi connectivity index (χ1v) is 12.3. The van der Waals surface area contributed by atoms with Crippen molar-refractivity contribution in [1.82, 2.24) is 25.3 Å². The molecule has 12 heteroatoms. The Bertz CT molecular complexity index is 1320. The second-order valence-corrected chi connectivity index (χ2v) is 8.99. The Morgan fingerprint density at radius 1 is 1.11 bits per heavy atom. The van der Waals surface area contributed by atoms with E-state index in [0.29, 0.717) is 80.7 Å². The summed E-state index contributed by atoms with van der Waals surface area (Å²) in [4.78, 5) is 37.4. The molecule has 0 radical (unpaired) electrons. The molecule has 0 bridgehead atoms. The number of ether oxygens (including phenoxy) is 1. The van der Waals surface area contributed by atoms with E-state index in [1.54, 1.807) is 24.1 Å². The summed E-state index contributed by atoms with van der Waals surface area (Å²) in [7, 11) is 1.56. The highest BCUT2D eigenvalue weighted by molar-refractivity contribution is 5.90. The Morgan fingerprint density at radius 2 is 1.84 bits per heavy atom. The second kappa shape index (κ2) is 10.8. The lowest BCUT2D eigenvalue weighted by Crippen LogP contribution is -2.37. The van der Waals surface area contributed by atoms with Crippen molar-refractivity contribution < 1.29 is 18.8 Å². The van der Waals surface area contributed by atoms with Crippen molar-refractivity contribution in [3.63, 3.8) is 0 Å². The molecule has 192 valence electrons. The van der Waals surface area contributed by atoms with Crippen molar-refractivity contribution in [3.05, 3.63) is 30.0 Å². The van der Waals surface area contributed by atoms with Gasteiger partial charge in [-0.3, -0.25) is 4.79 Å². The smallest absolute Gasteiger partial charge is 0.318 e. The fourth-order valence-corrected chi connectivity index (χ4v) is 4.70. The molecule has 0 aliphatic carbocycles. The third kappa shape index (κ3) is 5.17. The van der Waals surface area contributed by atoms with Crippen LogP contribution in [0.15, 0.2) is 28.8 Å². The van der Waals surface area contributed by atoms with Crippen LogP contribution in [-0.4, -0.2) is 78.4 Å². The number of benzene rings is 1. The lowest BCUT2D eigenvalue weighted by molar-refractivity contribution is -0.131. The summed E-state index contributed by atoms with van der Waals surface area (Å²) in [5.41, 5.74) is 3.42. The third-order valence-electron chi connectivity index (χ3n) is 6.73. The number of hydrogen-bond acceptors (Lipinski definition) is 9. The number of likely N-dealkylation sites (tertiary alicyclic amines) is 1. The number of nitrogens with one attached hydrogen (secondary N) is 2. The fourth-order valence-electron chi connectivity index (χ4n) is 4.70. The van der Waals surface area contributed by atoms with Gasteiger partial charge in [0, 0.05) is 50.4 Å². The zero-order valence-electron chi connectivity index (χ0n) is 20.6. The lowest BCUT2D eigenvalue weighted by Gasteiger charge is -2.30. The number of carbonyl (C=O) groups excluding carboxylic acids is 2. The van der Waals surface area contributed by atoms with Gasteiger partial charge in [0.1, 0.15) is 17.6 Å². The van der Waals surface area contributed by atoms with Crippen LogP contribution in [0.25, 0.3) is 22.5 Å². The van der Waals surface area contributed by atoms with E-state index in [9.17, 15) is 9.59 Å². The van der Waals surface area contributed by atoms with Gasteiger partial charge in [-0.2, -0.15) is 5.26 Å². The van der Waals surface area contributed by atoms with Gasteiger partial charge in [-0.05, 0) is 37.1 Å². The largest absolute Gasteiger partial charge is 0.378 e. The molecule has 2 aliphatic heterocycles. The van der Waals surface area contributed by atoms with Crippen LogP contribution in [0, 0.1) is 11.3 Å². The minimum atomic E-state index is -0.297. The normalized spacial score (nSPS) is 16.4. The maximum atomic E-state index is 12.1. The van der Waals surface area contributed by atoms with E-state index in [1.807, 2.05) is 18.2 Å². The van der Waals surface area contributed by atoms with Crippen LogP contribution in [0.2, 0.25) is 0 Å². The Balaban J connectivity index is 1.48. The number of morpholine rings is 1. The predicted molar refractivity (Wildman–Crippen MR) is 135 cm³/mol. The number of aromatic nitrogens is 3. The topological polar surface area (TPSA) is 150 Å². The zero-order chi connectivity index (χ0) is 25.8. The molecule has 0 saturated carbocycles. The van der Waals surface area contributed by atoms with Crippen molar-refractivity contribution in [3.8, 4) is 17.5 Å². The molecule has 1 aromatic carbocycles. The number of fused-ring (bicyclic) bond motifs is 1. The molecule has 37 heavy (non-hydrogen) atoms. The Kier molecular flexibility index (Phi) is 7.14. The molecule has 0 atom stereocenters. The van der Waals surface area contributed by atoms with E-state index in [2.05, 4.69) is 20.7 Å². The molecule has 0 unspecified atom stereocenters. The first kappa shape index (κ1) is 24.5. The van der Waals surface area contributed by atoms with E-state index in [1.165, 1.54) is 0 Å². The maximum Gasteiger partial charge on any atom is 0.318 e. The van der Waals surface area contributed by atoms with Crippen molar-refractivity contribution in [2.75, 3.05) is 56.7 Å². The van der Waals surface area contributed by atoms with Gasteiger partial charge in [0.2, 0.25) is 11.5 Å². The highest BCUT2D eigenvalue weighted by atomic mass is 16.5. The Labute approximate surface area is 213 Å². The Hall–Kier alpha value is -4.24. The average molecular weight is 505 g/mol. The van der Waals surface area contributed by atoms with Gasteiger partial charge in [0.15, 0.2) is 11.6 Å². The highest BCUT2D eigenvalue weighted by Crippen LogP contribution is 2.36. The molecule has 3 aromatic rings. The van der Waals surface area contributed by atoms with Crippen LogP contribution >= 0.6 is 0 Å². The number of hydrogen-bond donors (Lipinski definition) is 2. The number of amides is 3. The van der Waals surface area contributed by atoms with Crippen molar-refractivity contribution in [2.24, 2.45) is 0 Å². The first-order valence-electron chi connectivity index (χ1n) is 12.3. The summed E-state index contributed by atoms with van der Waals surface area (Å²) in [6.45, 7) is 3.67. The zero-order valence-corrected chi connectivity index (χ0v) is 20.6. The molecule has 2 aromatic heterocycles. The summed E-state index contributed by atoms with van der Waals surface area (Å²) in [5, 5.41) is 18.5. The van der Waals surface area contributed by atoms with E-state index in [4.69, 9.17) is 24.5 Å². The molecule has 2 N–H and O–H groups in total. The highest BCUT2D eigenvalue weighted by Gasteiger charge is 2.30. The van der Waals surface area contributed by atoms with E-state index < -0.39 is 0 Å². The lowest BCUT2D eigenvalue weighted by atomic mass is 9.92. The molecule has 4 heterocycles. The summed E-state index contributed by atoms with van der Waals surface area (Å²) < 4.78 is 11.4. The van der Waals surface area contributed by atoms with Crippen molar-refractivity contribution in [1.29, 1.82) is 5.26 Å². The molecular weight excluding hydrogens is 476 g/mol. The van der Waals surface area contributed by atoms with Gasteiger partial charge in [-0.1, -0.05) is 5.16 Å². The first-order chi connectivity index (χ1) is 18.1. The molecule has 3 amide bonds. The SMILES string of the molecule is CNC(=O)Nc1ccc(-c2nc(N3CCOCC3)c3onc(C4CCN(C(=O)CC#N)CC4)c3n2)cc1. The number of nitrogens with zero attached hydrogens (tertiary/aromatic N) is 6. The third-order valence-corrected chi connectivity index (χ3v) is 6.73. The molecule has 5 rings (SSSR count). The number of nitriles is 1. The van der Waals surface area contributed by atoms with Crippen LogP contribution in [0.4, 0.5) is 16.3 Å². The van der Waals surface area contributed by atoms with Gasteiger partial charge < -0.3 is 29.7 Å². The minimum Gasteiger partial charge on any atom is -0.378 e. The van der Waals surface area contributed by atoms with Gasteiger partial charge in [-0.25, -0.2) is 14.8 Å².